The van der Waals surface area contributed by atoms with Gasteiger partial charge >= 0.3 is 0 Å². The number of para-hydroxylation sites is 3. The molecule has 0 N–H and O–H groups in total. The molecule has 0 saturated carbocycles. The van der Waals surface area contributed by atoms with Crippen LogP contribution in [0, 0.1) is 0 Å². The van der Waals surface area contributed by atoms with E-state index in [1.165, 1.54) is 0 Å². The third-order valence-electron chi connectivity index (χ3n) is 5.48. The lowest BCUT2D eigenvalue weighted by Gasteiger charge is -2.28. The van der Waals surface area contributed by atoms with E-state index in [1.54, 1.807) is 0 Å². The number of halogens is 1. The largest absolute Gasteiger partial charge is 0.311 e. The first-order valence-corrected chi connectivity index (χ1v) is 11.7. The normalized spacial score (nSPS) is 10.6. The van der Waals surface area contributed by atoms with Gasteiger partial charge in [-0.1, -0.05) is 76.6 Å². The van der Waals surface area contributed by atoms with Gasteiger partial charge in [0.15, 0.2) is 0 Å². The van der Waals surface area contributed by atoms with Crippen molar-refractivity contribution in [3.8, 4) is 0 Å². The van der Waals surface area contributed by atoms with E-state index >= 15 is 0 Å². The van der Waals surface area contributed by atoms with Crippen LogP contribution in [0.4, 0.5) is 34.1 Å². The minimum atomic E-state index is 1.05. The van der Waals surface area contributed by atoms with E-state index in [4.69, 9.17) is 0 Å². The summed E-state index contributed by atoms with van der Waals surface area (Å²) < 4.78 is 1.05. The first-order valence-electron chi connectivity index (χ1n) is 10.9. The Kier molecular flexibility index (Phi) is 6.23. The first kappa shape index (κ1) is 21.0. The maximum absolute atomic E-state index is 3.62. The predicted molar refractivity (Wildman–Crippen MR) is 144 cm³/mol. The zero-order chi connectivity index (χ0) is 22.5. The van der Waals surface area contributed by atoms with Gasteiger partial charge in [-0.15, -0.1) is 0 Å². The molecule has 0 heterocycles. The summed E-state index contributed by atoms with van der Waals surface area (Å²) in [7, 11) is 0. The molecule has 5 aromatic carbocycles. The Balaban J connectivity index is 1.58. The van der Waals surface area contributed by atoms with Gasteiger partial charge in [0.05, 0.1) is 0 Å². The van der Waals surface area contributed by atoms with Crippen LogP contribution < -0.4 is 9.80 Å². The fourth-order valence-corrected chi connectivity index (χ4v) is 4.38. The smallest absolute Gasteiger partial charge is 0.0472 e. The number of anilines is 6. The molecule has 0 radical (unpaired) electrons. The van der Waals surface area contributed by atoms with Crippen molar-refractivity contribution in [1.82, 2.24) is 0 Å². The van der Waals surface area contributed by atoms with Crippen molar-refractivity contribution in [3.05, 3.63) is 144 Å². The van der Waals surface area contributed by atoms with E-state index < -0.39 is 0 Å². The first-order chi connectivity index (χ1) is 16.3. The van der Waals surface area contributed by atoms with Crippen LogP contribution in [-0.2, 0) is 0 Å². The van der Waals surface area contributed by atoms with Crippen LogP contribution in [0.5, 0.6) is 0 Å². The summed E-state index contributed by atoms with van der Waals surface area (Å²) in [6.45, 7) is 0. The SMILES string of the molecule is Brc1cccc(N(c2ccccc2)c2ccc(N(c3ccccc3)c3ccccc3)cc2)c1. The van der Waals surface area contributed by atoms with Gasteiger partial charge in [-0.05, 0) is 78.9 Å². The van der Waals surface area contributed by atoms with Gasteiger partial charge in [0.2, 0.25) is 0 Å². The summed E-state index contributed by atoms with van der Waals surface area (Å²) in [4.78, 5) is 4.54. The third kappa shape index (κ3) is 4.69. The molecule has 0 atom stereocenters. The summed E-state index contributed by atoms with van der Waals surface area (Å²) in [6.07, 6.45) is 0. The Morgan fingerprint density at radius 2 is 0.667 bits per heavy atom. The van der Waals surface area contributed by atoms with Crippen LogP contribution in [0.1, 0.15) is 0 Å². The van der Waals surface area contributed by atoms with E-state index in [2.05, 4.69) is 141 Å². The summed E-state index contributed by atoms with van der Waals surface area (Å²) >= 11 is 3.62. The van der Waals surface area contributed by atoms with Crippen LogP contribution in [0.25, 0.3) is 0 Å². The maximum Gasteiger partial charge on any atom is 0.0472 e. The molecule has 0 aliphatic rings. The fraction of sp³-hybridized carbons (Fsp3) is 0. The lowest BCUT2D eigenvalue weighted by atomic mass is 10.1. The van der Waals surface area contributed by atoms with Crippen molar-refractivity contribution >= 4 is 50.1 Å². The highest BCUT2D eigenvalue weighted by Gasteiger charge is 2.15. The highest BCUT2D eigenvalue weighted by Crippen LogP contribution is 2.39. The van der Waals surface area contributed by atoms with Gasteiger partial charge in [0, 0.05) is 38.6 Å². The Morgan fingerprint density at radius 1 is 0.333 bits per heavy atom. The summed E-state index contributed by atoms with van der Waals surface area (Å²) in [6, 6.07) is 48.5. The monoisotopic (exact) mass is 490 g/mol. The van der Waals surface area contributed by atoms with Crippen LogP contribution in [0.2, 0.25) is 0 Å². The average molecular weight is 491 g/mol. The number of hydrogen-bond donors (Lipinski definition) is 0. The Morgan fingerprint density at radius 3 is 1.06 bits per heavy atom. The Labute approximate surface area is 203 Å². The molecule has 2 nitrogen and oxygen atoms in total. The molecule has 160 valence electrons. The second kappa shape index (κ2) is 9.76. The third-order valence-corrected chi connectivity index (χ3v) is 5.97. The zero-order valence-electron chi connectivity index (χ0n) is 18.1. The van der Waals surface area contributed by atoms with Crippen LogP contribution in [-0.4, -0.2) is 0 Å². The van der Waals surface area contributed by atoms with Gasteiger partial charge in [0.25, 0.3) is 0 Å². The molecule has 0 aliphatic heterocycles. The minimum absolute atomic E-state index is 1.05. The van der Waals surface area contributed by atoms with E-state index in [0.29, 0.717) is 0 Å². The van der Waals surface area contributed by atoms with Crippen molar-refractivity contribution in [2.75, 3.05) is 9.80 Å². The molecule has 33 heavy (non-hydrogen) atoms. The van der Waals surface area contributed by atoms with E-state index in [9.17, 15) is 0 Å². The van der Waals surface area contributed by atoms with Gasteiger partial charge in [-0.25, -0.2) is 0 Å². The topological polar surface area (TPSA) is 6.48 Å². The molecule has 0 bridgehead atoms. The molecule has 0 aromatic heterocycles. The van der Waals surface area contributed by atoms with Gasteiger partial charge in [0.1, 0.15) is 0 Å². The molecule has 0 amide bonds. The van der Waals surface area contributed by atoms with Crippen molar-refractivity contribution in [2.24, 2.45) is 0 Å². The van der Waals surface area contributed by atoms with Gasteiger partial charge in [-0.2, -0.15) is 0 Å². The maximum atomic E-state index is 3.62. The van der Waals surface area contributed by atoms with Crippen LogP contribution in [0.3, 0.4) is 0 Å². The Hall–Kier alpha value is -3.82. The van der Waals surface area contributed by atoms with Crippen molar-refractivity contribution < 1.29 is 0 Å². The molecule has 0 unspecified atom stereocenters. The lowest BCUT2D eigenvalue weighted by molar-refractivity contribution is 1.25. The lowest BCUT2D eigenvalue weighted by Crippen LogP contribution is -2.12. The molecule has 5 rings (SSSR count). The van der Waals surface area contributed by atoms with E-state index in [-0.39, 0.29) is 0 Å². The Bertz CT molecular complexity index is 1260. The molecule has 3 heteroatoms. The molecular formula is C30H23BrN2. The van der Waals surface area contributed by atoms with Crippen LogP contribution >= 0.6 is 15.9 Å². The molecular weight excluding hydrogens is 468 g/mol. The summed E-state index contributed by atoms with van der Waals surface area (Å²) in [5.74, 6) is 0. The fourth-order valence-electron chi connectivity index (χ4n) is 3.99. The molecule has 0 aliphatic carbocycles. The molecule has 5 aromatic rings. The molecule has 0 fully saturated rings. The summed E-state index contributed by atoms with van der Waals surface area (Å²) in [5.41, 5.74) is 6.69. The number of rotatable bonds is 6. The highest BCUT2D eigenvalue weighted by molar-refractivity contribution is 9.10. The quantitative estimate of drug-likeness (QED) is 0.233. The van der Waals surface area contributed by atoms with Crippen LogP contribution in [0.15, 0.2) is 144 Å². The standard InChI is InChI=1S/C30H23BrN2/c31-24-11-10-18-30(23-24)33(27-16-8-3-9-17-27)29-21-19-28(20-22-29)32(25-12-4-1-5-13-25)26-14-6-2-7-15-26/h1-23H. The zero-order valence-corrected chi connectivity index (χ0v) is 19.6. The van der Waals surface area contributed by atoms with Crippen molar-refractivity contribution in [2.45, 2.75) is 0 Å². The number of hydrogen-bond acceptors (Lipinski definition) is 2. The number of benzene rings is 5. The number of nitrogens with zero attached hydrogens (tertiary/aromatic N) is 2. The van der Waals surface area contributed by atoms with Gasteiger partial charge in [-0.3, -0.25) is 0 Å². The summed E-state index contributed by atoms with van der Waals surface area (Å²) in [5, 5.41) is 0. The predicted octanol–water partition coefficient (Wildman–Crippen LogP) is 9.39. The average Bonchev–Trinajstić information content (AvgIpc) is 2.87. The van der Waals surface area contributed by atoms with Crippen molar-refractivity contribution in [1.29, 1.82) is 0 Å². The highest BCUT2D eigenvalue weighted by atomic mass is 79.9. The molecule has 0 spiro atoms. The molecule has 0 saturated heterocycles. The van der Waals surface area contributed by atoms with E-state index in [0.717, 1.165) is 38.6 Å². The minimum Gasteiger partial charge on any atom is -0.311 e. The second-order valence-corrected chi connectivity index (χ2v) is 8.59. The van der Waals surface area contributed by atoms with E-state index in [1.807, 2.05) is 24.3 Å². The van der Waals surface area contributed by atoms with Crippen molar-refractivity contribution in [3.63, 3.8) is 0 Å². The van der Waals surface area contributed by atoms with Gasteiger partial charge < -0.3 is 9.80 Å². The second-order valence-electron chi connectivity index (χ2n) is 7.67.